The molecule has 0 amide bonds. The van der Waals surface area contributed by atoms with E-state index in [0.717, 1.165) is 0 Å². The second-order valence-corrected chi connectivity index (χ2v) is 7.75. The number of carbonyl (C=O) groups excluding carboxylic acids is 4. The van der Waals surface area contributed by atoms with E-state index >= 15 is 0 Å². The number of pyridine rings is 2. The molecule has 0 aliphatic rings. The molecule has 0 saturated carbocycles. The molecule has 2 heterocycles. The number of aromatic nitrogens is 2. The van der Waals surface area contributed by atoms with Gasteiger partial charge in [0.15, 0.2) is 22.3 Å². The van der Waals surface area contributed by atoms with Crippen LogP contribution in [0.1, 0.15) is 36.1 Å². The summed E-state index contributed by atoms with van der Waals surface area (Å²) in [6.07, 6.45) is 8.93. The molecule has 8 N–H and O–H groups in total. The van der Waals surface area contributed by atoms with Gasteiger partial charge in [-0.3, -0.25) is 0 Å². The second kappa shape index (κ2) is 22.6. The monoisotopic (exact) mass is 594 g/mol. The predicted molar refractivity (Wildman–Crippen MR) is 162 cm³/mol. The van der Waals surface area contributed by atoms with Gasteiger partial charge in [-0.05, 0) is 36.4 Å². The fourth-order valence-corrected chi connectivity index (χ4v) is 2.84. The summed E-state index contributed by atoms with van der Waals surface area (Å²) in [5.41, 5.74) is 2.44. The van der Waals surface area contributed by atoms with Gasteiger partial charge in [-0.25, -0.2) is 29.1 Å². The normalized spacial score (nSPS) is 8.88. The first-order chi connectivity index (χ1) is 19.4. The van der Waals surface area contributed by atoms with Crippen LogP contribution < -0.4 is 0 Å². The van der Waals surface area contributed by atoms with E-state index in [4.69, 9.17) is 10.2 Å². The smallest absolute Gasteiger partial charge is 0.446 e. The Labute approximate surface area is 255 Å². The molecule has 0 fully saturated rings. The van der Waals surface area contributed by atoms with E-state index < -0.39 is 0 Å². The van der Waals surface area contributed by atoms with E-state index in [0.29, 0.717) is 35.5 Å². The molecule has 0 atom stereocenters. The third-order valence-electron chi connectivity index (χ3n) is 4.60. The zero-order chi connectivity index (χ0) is 29.6. The third-order valence-corrected chi connectivity index (χ3v) is 4.60. The first-order valence-corrected chi connectivity index (χ1v) is 12.5. The molecule has 2 aromatic heterocycles. The quantitative estimate of drug-likeness (QED) is 0.101. The first-order valence-electron chi connectivity index (χ1n) is 12.5. The zero-order valence-electron chi connectivity index (χ0n) is 23.1. The molecule has 0 aliphatic heterocycles. The van der Waals surface area contributed by atoms with Crippen LogP contribution in [0.25, 0.3) is 0 Å². The van der Waals surface area contributed by atoms with Crippen molar-refractivity contribution in [2.24, 2.45) is 0 Å². The summed E-state index contributed by atoms with van der Waals surface area (Å²) in [6.45, 7) is 4.58. The molecule has 0 saturated heterocycles. The van der Waals surface area contributed by atoms with Crippen molar-refractivity contribution in [3.63, 3.8) is 0 Å². The number of nitrogens with zero attached hydrogens (tertiary/aromatic N) is 2. The second-order valence-electron chi connectivity index (χ2n) is 7.75. The Morgan fingerprint density at radius 3 is 1.07 bits per heavy atom. The summed E-state index contributed by atoms with van der Waals surface area (Å²) in [4.78, 5) is 47.0. The Kier molecular flexibility index (Phi) is 20.3. The minimum Gasteiger partial charge on any atom is -0.446 e. The van der Waals surface area contributed by atoms with E-state index in [1.54, 1.807) is 74.8 Å². The maximum atomic E-state index is 9.81. The summed E-state index contributed by atoms with van der Waals surface area (Å²) in [6, 6.07) is 25.0. The minimum absolute atomic E-state index is 0. The molecular formula is C32H38N2O6Ti+8. The number of hydrogen-bond donors (Lipinski definition) is 0. The number of ketones is 4. The van der Waals surface area contributed by atoms with E-state index in [1.807, 2.05) is 36.4 Å². The average molecular weight is 595 g/mol. The van der Waals surface area contributed by atoms with Gasteiger partial charge in [0.25, 0.3) is 12.8 Å². The molecule has 0 unspecified atom stereocenters. The van der Waals surface area contributed by atoms with Crippen LogP contribution in [0.2, 0.25) is 0 Å². The van der Waals surface area contributed by atoms with Crippen molar-refractivity contribution in [2.45, 2.75) is 13.8 Å². The Bertz CT molecular complexity index is 1090. The number of hydrogen-bond acceptors (Lipinski definition) is 2. The standard InChI is InChI=1S/2C14H10NO2.2C2H6O.Ti/c2*16-13(11-5-2-1-3-6-11)9-14(17)12-7-4-8-15-10-12;2*1-2-3;/h2*1-10H;2*3H,2H2,1H3;/q2*+1;;;/p+6. The topological polar surface area (TPSA) is 157 Å². The number of rotatable bonds is 8. The van der Waals surface area contributed by atoms with Crippen LogP contribution in [0.3, 0.4) is 0 Å². The summed E-state index contributed by atoms with van der Waals surface area (Å²) in [5.74, 6) is 0.0119. The molecule has 2 aromatic carbocycles. The first kappa shape index (κ1) is 36.8. The fourth-order valence-electron chi connectivity index (χ4n) is 2.84. The van der Waals surface area contributed by atoms with E-state index in [9.17, 15) is 19.2 Å². The van der Waals surface area contributed by atoms with Gasteiger partial charge in [-0.1, -0.05) is 12.1 Å². The molecule has 0 bridgehead atoms. The van der Waals surface area contributed by atoms with Crippen LogP contribution in [0.4, 0.5) is 0 Å². The van der Waals surface area contributed by atoms with E-state index in [-0.39, 0.29) is 44.9 Å². The van der Waals surface area contributed by atoms with Crippen molar-refractivity contribution in [1.82, 2.24) is 9.97 Å². The van der Waals surface area contributed by atoms with Gasteiger partial charge in [0.2, 0.25) is 0 Å². The van der Waals surface area contributed by atoms with Crippen molar-refractivity contribution in [2.75, 3.05) is 13.2 Å². The number of benzene rings is 2. The van der Waals surface area contributed by atoms with E-state index in [1.165, 1.54) is 25.2 Å². The molecule has 4 rings (SSSR count). The van der Waals surface area contributed by atoms with Crippen LogP contribution in [-0.4, -0.2) is 75.7 Å². The Balaban J connectivity index is 0.000000642. The predicted octanol–water partition coefficient (Wildman–Crippen LogP) is 3.00. The van der Waals surface area contributed by atoms with Gasteiger partial charge < -0.3 is 10.2 Å². The van der Waals surface area contributed by atoms with Crippen LogP contribution in [0, 0.1) is 12.8 Å². The van der Waals surface area contributed by atoms with Crippen molar-refractivity contribution < 1.29 is 51.1 Å². The molecule has 9 heteroatoms. The average Bonchev–Trinajstić information content (AvgIpc) is 3.00. The zero-order valence-corrected chi connectivity index (χ0v) is 24.7. The van der Waals surface area contributed by atoms with Gasteiger partial charge in [0.05, 0.1) is 12.4 Å². The molecule has 208 valence electrons. The molecule has 0 radical (unpaired) electrons. The summed E-state index contributed by atoms with van der Waals surface area (Å²) >= 11 is 0. The van der Waals surface area contributed by atoms with Gasteiger partial charge in [0, 0.05) is 84.4 Å². The largest absolute Gasteiger partial charge is 0.463 e. The summed E-state index contributed by atoms with van der Waals surface area (Å²) < 4.78 is 0. The minimum atomic E-state index is -0.0144. The summed E-state index contributed by atoms with van der Waals surface area (Å²) in [5, 5.41) is 12.4. The molecule has 0 aliphatic carbocycles. The maximum absolute atomic E-state index is 9.81. The molecule has 41 heavy (non-hydrogen) atoms. The van der Waals surface area contributed by atoms with Crippen LogP contribution in [-0.2, 0) is 21.7 Å². The molecule has 8 nitrogen and oxygen atoms in total. The molecular weight excluding hydrogens is 556 g/mol. The molecule has 0 spiro atoms. The van der Waals surface area contributed by atoms with Gasteiger partial charge >= 0.3 is 23.1 Å². The van der Waals surface area contributed by atoms with Crippen LogP contribution in [0.15, 0.2) is 110 Å². The third kappa shape index (κ3) is 15.2. The Morgan fingerprint density at radius 2 is 0.805 bits per heavy atom. The van der Waals surface area contributed by atoms with E-state index in [2.05, 4.69) is 9.97 Å². The fraction of sp³-hybridized carbons (Fsp3) is 0.125. The van der Waals surface area contributed by atoms with Gasteiger partial charge in [-0.2, -0.15) is 0 Å². The van der Waals surface area contributed by atoms with Gasteiger partial charge in [0.1, 0.15) is 13.2 Å². The van der Waals surface area contributed by atoms with Crippen molar-refractivity contribution in [3.8, 4) is 0 Å². The SMILES string of the molecule is CC[OH2+].CC[OH2+].[OH+]=C([CH+]C(=[OH+])c1cccnc1)c1ccccc1.[OH+]=C([CH+]C(=[OH+])c1cccnc1)c1ccccc1.[Ti]. The Hall–Kier alpha value is -4.21. The van der Waals surface area contributed by atoms with Crippen molar-refractivity contribution in [3.05, 3.63) is 145 Å². The maximum Gasteiger partial charge on any atom is 0.463 e. The van der Waals surface area contributed by atoms with Crippen molar-refractivity contribution >= 4 is 23.1 Å². The Morgan fingerprint density at radius 1 is 0.537 bits per heavy atom. The van der Waals surface area contributed by atoms with Gasteiger partial charge in [-0.15, -0.1) is 0 Å². The van der Waals surface area contributed by atoms with Crippen LogP contribution in [0.5, 0.6) is 0 Å². The van der Waals surface area contributed by atoms with Crippen LogP contribution >= 0.6 is 0 Å². The van der Waals surface area contributed by atoms with Crippen molar-refractivity contribution in [1.29, 1.82) is 0 Å². The molecule has 4 aromatic rings. The summed E-state index contributed by atoms with van der Waals surface area (Å²) in [7, 11) is 0.